The fraction of sp³-hybridized carbons (Fsp3) is 0.500. The number of hydrogen-bond acceptors (Lipinski definition) is 4. The second kappa shape index (κ2) is 4.31. The van der Waals surface area contributed by atoms with Crippen LogP contribution >= 0.6 is 0 Å². The van der Waals surface area contributed by atoms with Crippen molar-refractivity contribution in [2.45, 2.75) is 18.7 Å². The van der Waals surface area contributed by atoms with Crippen molar-refractivity contribution in [1.82, 2.24) is 0 Å². The third kappa shape index (κ3) is 2.05. The summed E-state index contributed by atoms with van der Waals surface area (Å²) >= 11 is 0. The zero-order valence-electron chi connectivity index (χ0n) is 10.2. The van der Waals surface area contributed by atoms with Gasteiger partial charge in [-0.1, -0.05) is 12.1 Å². The first kappa shape index (κ1) is 12.4. The summed E-state index contributed by atoms with van der Waals surface area (Å²) in [4.78, 5) is 2.58. The number of anilines is 1. The van der Waals surface area contributed by atoms with E-state index in [9.17, 15) is 8.42 Å². The van der Waals surface area contributed by atoms with Gasteiger partial charge in [0.2, 0.25) is 0 Å². The molecular formula is C12H18N2O2S. The van der Waals surface area contributed by atoms with Gasteiger partial charge in [0.05, 0.1) is 16.3 Å². The van der Waals surface area contributed by atoms with Crippen LogP contribution in [0.2, 0.25) is 0 Å². The Bertz CT molecular complexity index is 538. The molecule has 0 bridgehead atoms. The highest BCUT2D eigenvalue weighted by molar-refractivity contribution is 7.91. The highest BCUT2D eigenvalue weighted by Gasteiger charge is 2.30. The molecule has 0 unspecified atom stereocenters. The predicted octanol–water partition coefficient (Wildman–Crippen LogP) is 0.856. The molecule has 17 heavy (non-hydrogen) atoms. The Morgan fingerprint density at radius 3 is 2.59 bits per heavy atom. The summed E-state index contributed by atoms with van der Waals surface area (Å²) in [5.41, 5.74) is 8.26. The second-order valence-corrected chi connectivity index (χ2v) is 6.52. The number of sulfone groups is 1. The Labute approximate surface area is 102 Å². The molecule has 2 rings (SSSR count). The summed E-state index contributed by atoms with van der Waals surface area (Å²) in [6.45, 7) is 5.57. The van der Waals surface area contributed by atoms with Crippen LogP contribution < -0.4 is 10.6 Å². The third-order valence-electron chi connectivity index (χ3n) is 3.19. The smallest absolute Gasteiger partial charge is 0.182 e. The number of fused-ring (bicyclic) bond motifs is 1. The lowest BCUT2D eigenvalue weighted by molar-refractivity contribution is 0.588. The molecule has 4 nitrogen and oxygen atoms in total. The average molecular weight is 254 g/mol. The lowest BCUT2D eigenvalue weighted by atomic mass is 10.1. The Kier molecular flexibility index (Phi) is 3.14. The summed E-state index contributed by atoms with van der Waals surface area (Å²) in [6.07, 6.45) is 0. The van der Waals surface area contributed by atoms with E-state index in [1.165, 1.54) is 0 Å². The minimum absolute atomic E-state index is 0.185. The van der Waals surface area contributed by atoms with Gasteiger partial charge in [-0.05, 0) is 25.0 Å². The van der Waals surface area contributed by atoms with Crippen molar-refractivity contribution in [2.75, 3.05) is 30.3 Å². The fourth-order valence-corrected chi connectivity index (χ4v) is 4.19. The van der Waals surface area contributed by atoms with Crippen LogP contribution in [0.5, 0.6) is 0 Å². The van der Waals surface area contributed by atoms with Crippen molar-refractivity contribution in [3.05, 3.63) is 23.3 Å². The van der Waals surface area contributed by atoms with Crippen LogP contribution in [-0.2, 0) is 9.84 Å². The van der Waals surface area contributed by atoms with Crippen LogP contribution in [-0.4, -0.2) is 33.8 Å². The molecule has 1 heterocycles. The second-order valence-electron chi connectivity index (χ2n) is 4.47. The molecule has 0 saturated heterocycles. The van der Waals surface area contributed by atoms with E-state index >= 15 is 0 Å². The molecule has 0 amide bonds. The predicted molar refractivity (Wildman–Crippen MR) is 69.2 cm³/mol. The average Bonchev–Trinajstić information content (AvgIpc) is 2.26. The lowest BCUT2D eigenvalue weighted by Gasteiger charge is -2.33. The van der Waals surface area contributed by atoms with Crippen LogP contribution in [0.3, 0.4) is 0 Å². The highest BCUT2D eigenvalue weighted by atomic mass is 32.2. The minimum atomic E-state index is -3.13. The molecule has 1 aromatic rings. The van der Waals surface area contributed by atoms with Crippen molar-refractivity contribution in [3.63, 3.8) is 0 Å². The number of nitrogens with zero attached hydrogens (tertiary/aromatic N) is 1. The van der Waals surface area contributed by atoms with Crippen LogP contribution in [0.25, 0.3) is 0 Å². The van der Waals surface area contributed by atoms with Crippen LogP contribution in [0, 0.1) is 13.8 Å². The number of rotatable bonds is 2. The normalized spacial score (nSPS) is 17.9. The Morgan fingerprint density at radius 2 is 1.94 bits per heavy atom. The van der Waals surface area contributed by atoms with Gasteiger partial charge < -0.3 is 10.6 Å². The number of aryl methyl sites for hydroxylation is 2. The molecule has 0 fully saturated rings. The van der Waals surface area contributed by atoms with Gasteiger partial charge in [-0.15, -0.1) is 0 Å². The van der Waals surface area contributed by atoms with Gasteiger partial charge in [-0.2, -0.15) is 0 Å². The zero-order chi connectivity index (χ0) is 12.6. The first-order valence-electron chi connectivity index (χ1n) is 5.75. The Balaban J connectivity index is 2.68. The van der Waals surface area contributed by atoms with E-state index in [0.717, 1.165) is 16.8 Å². The summed E-state index contributed by atoms with van der Waals surface area (Å²) < 4.78 is 24.3. The van der Waals surface area contributed by atoms with Gasteiger partial charge in [-0.25, -0.2) is 8.42 Å². The largest absolute Gasteiger partial charge is 0.368 e. The molecule has 1 aliphatic rings. The monoisotopic (exact) mass is 254 g/mol. The van der Waals surface area contributed by atoms with Crippen molar-refractivity contribution in [3.8, 4) is 0 Å². The van der Waals surface area contributed by atoms with E-state index < -0.39 is 9.84 Å². The maximum absolute atomic E-state index is 12.1. The van der Waals surface area contributed by atoms with Gasteiger partial charge in [-0.3, -0.25) is 0 Å². The van der Waals surface area contributed by atoms with Gasteiger partial charge in [0.1, 0.15) is 0 Å². The first-order valence-corrected chi connectivity index (χ1v) is 7.40. The van der Waals surface area contributed by atoms with Gasteiger partial charge in [0, 0.05) is 19.6 Å². The van der Waals surface area contributed by atoms with Crippen molar-refractivity contribution >= 4 is 15.5 Å². The molecule has 5 heteroatoms. The molecule has 0 radical (unpaired) electrons. The van der Waals surface area contributed by atoms with Crippen molar-refractivity contribution in [1.29, 1.82) is 0 Å². The zero-order valence-corrected chi connectivity index (χ0v) is 11.0. The highest BCUT2D eigenvalue weighted by Crippen LogP contribution is 2.35. The molecule has 1 aliphatic heterocycles. The van der Waals surface area contributed by atoms with Crippen molar-refractivity contribution in [2.24, 2.45) is 5.73 Å². The quantitative estimate of drug-likeness (QED) is 0.850. The van der Waals surface area contributed by atoms with E-state index in [1.54, 1.807) is 0 Å². The molecule has 94 valence electrons. The maximum atomic E-state index is 12.1. The lowest BCUT2D eigenvalue weighted by Crippen LogP contribution is -2.39. The molecule has 0 aliphatic carbocycles. The van der Waals surface area contributed by atoms with Crippen LogP contribution in [0.15, 0.2) is 17.0 Å². The molecule has 0 aromatic heterocycles. The summed E-state index contributed by atoms with van der Waals surface area (Å²) in [6, 6.07) is 3.84. The van der Waals surface area contributed by atoms with Gasteiger partial charge in [0.25, 0.3) is 0 Å². The molecule has 1 aromatic carbocycles. The van der Waals surface area contributed by atoms with Crippen molar-refractivity contribution < 1.29 is 8.42 Å². The Hall–Kier alpha value is -1.07. The maximum Gasteiger partial charge on any atom is 0.182 e. The SMILES string of the molecule is Cc1ccc(C)c2c1N(CCN)CCS2(=O)=O. The number of nitrogens with two attached hydrogens (primary N) is 1. The standard InChI is InChI=1S/C12H18N2O2S/c1-9-3-4-10(2)12-11(9)14(6-5-13)7-8-17(12,15)16/h3-4H,5-8,13H2,1-2H3. The third-order valence-corrected chi connectivity index (χ3v) is 5.04. The molecule has 0 atom stereocenters. The minimum Gasteiger partial charge on any atom is -0.368 e. The van der Waals surface area contributed by atoms with E-state index in [4.69, 9.17) is 5.73 Å². The number of benzene rings is 1. The topological polar surface area (TPSA) is 63.4 Å². The summed E-state index contributed by atoms with van der Waals surface area (Å²) in [5, 5.41) is 0. The van der Waals surface area contributed by atoms with E-state index in [2.05, 4.69) is 4.90 Å². The van der Waals surface area contributed by atoms with Gasteiger partial charge >= 0.3 is 0 Å². The fourth-order valence-electron chi connectivity index (χ4n) is 2.38. The van der Waals surface area contributed by atoms with E-state index in [1.807, 2.05) is 26.0 Å². The molecule has 0 spiro atoms. The summed E-state index contributed by atoms with van der Waals surface area (Å²) in [7, 11) is -3.13. The Morgan fingerprint density at radius 1 is 1.29 bits per heavy atom. The van der Waals surface area contributed by atoms with Crippen LogP contribution in [0.1, 0.15) is 11.1 Å². The molecule has 0 saturated carbocycles. The first-order chi connectivity index (χ1) is 7.97. The van der Waals surface area contributed by atoms with E-state index in [-0.39, 0.29) is 5.75 Å². The molecular weight excluding hydrogens is 236 g/mol. The number of hydrogen-bond donors (Lipinski definition) is 1. The van der Waals surface area contributed by atoms with Crippen LogP contribution in [0.4, 0.5) is 5.69 Å². The van der Waals surface area contributed by atoms with Gasteiger partial charge in [0.15, 0.2) is 9.84 Å². The summed E-state index contributed by atoms with van der Waals surface area (Å²) in [5.74, 6) is 0.185. The van der Waals surface area contributed by atoms with E-state index in [0.29, 0.717) is 24.5 Å². The molecule has 2 N–H and O–H groups in total.